The molecule has 1 aliphatic heterocycles. The molecule has 4 rings (SSSR count). The second-order valence-corrected chi connectivity index (χ2v) is 8.80. The van der Waals surface area contributed by atoms with Gasteiger partial charge in [-0.3, -0.25) is 4.79 Å². The van der Waals surface area contributed by atoms with Gasteiger partial charge in [-0.25, -0.2) is 14.8 Å². The minimum atomic E-state index is -0.896. The Morgan fingerprint density at radius 3 is 2.00 bits per heavy atom. The summed E-state index contributed by atoms with van der Waals surface area (Å²) in [5, 5.41) is 9.10. The topological polar surface area (TPSA) is 102 Å². The Balaban J connectivity index is 1.38. The first-order chi connectivity index (χ1) is 16.2. The number of carboxylic acid groups (broad SMARTS) is 1. The van der Waals surface area contributed by atoms with Crippen LogP contribution in [0.3, 0.4) is 0 Å². The van der Waals surface area contributed by atoms with Crippen LogP contribution >= 0.6 is 0 Å². The summed E-state index contributed by atoms with van der Waals surface area (Å²) in [6.07, 6.45) is 2.89. The first-order valence-corrected chi connectivity index (χ1v) is 11.1. The summed E-state index contributed by atoms with van der Waals surface area (Å²) >= 11 is 0. The predicted molar refractivity (Wildman–Crippen MR) is 126 cm³/mol. The fourth-order valence-electron chi connectivity index (χ4n) is 3.82. The van der Waals surface area contributed by atoms with E-state index in [2.05, 4.69) is 23.8 Å². The number of hydrogen-bond donors (Lipinski definition) is 1. The lowest BCUT2D eigenvalue weighted by Crippen LogP contribution is -2.53. The van der Waals surface area contributed by atoms with E-state index in [0.29, 0.717) is 24.7 Å². The molecule has 0 radical (unpaired) electrons. The molecular weight excluding hydrogens is 434 g/mol. The Labute approximate surface area is 198 Å². The van der Waals surface area contributed by atoms with E-state index in [1.807, 2.05) is 48.5 Å². The van der Waals surface area contributed by atoms with Crippen LogP contribution in [0.25, 0.3) is 0 Å². The molecule has 0 bridgehead atoms. The van der Waals surface area contributed by atoms with E-state index >= 15 is 0 Å². The minimum absolute atomic E-state index is 0.0759. The van der Waals surface area contributed by atoms with Gasteiger partial charge in [0.2, 0.25) is 0 Å². The van der Waals surface area contributed by atoms with Gasteiger partial charge in [0.1, 0.15) is 18.1 Å². The van der Waals surface area contributed by atoms with Crippen LogP contribution in [-0.2, 0) is 5.41 Å². The summed E-state index contributed by atoms with van der Waals surface area (Å²) in [7, 11) is 0. The Bertz CT molecular complexity index is 1160. The molecule has 1 atom stereocenters. The van der Waals surface area contributed by atoms with Gasteiger partial charge >= 0.3 is 6.09 Å². The van der Waals surface area contributed by atoms with E-state index in [0.717, 1.165) is 23.3 Å². The molecule has 8 nitrogen and oxygen atoms in total. The van der Waals surface area contributed by atoms with Gasteiger partial charge < -0.3 is 19.5 Å². The number of hydrogen-bond acceptors (Lipinski definition) is 6. The molecule has 1 aliphatic rings. The van der Waals surface area contributed by atoms with E-state index in [-0.39, 0.29) is 23.1 Å². The predicted octanol–water partition coefficient (Wildman–Crippen LogP) is 4.93. The number of ketones is 1. The largest absolute Gasteiger partial charge is 0.491 e. The molecule has 2 aromatic carbocycles. The molecule has 1 aromatic heterocycles. The Morgan fingerprint density at radius 1 is 0.971 bits per heavy atom. The van der Waals surface area contributed by atoms with Gasteiger partial charge in [0.05, 0.1) is 18.4 Å². The molecule has 1 N–H and O–H groups in total. The lowest BCUT2D eigenvalue weighted by Gasteiger charge is -2.38. The first kappa shape index (κ1) is 23.2. The molecular formula is C26H27N3O5. The van der Waals surface area contributed by atoms with E-state index in [4.69, 9.17) is 14.6 Å². The number of aromatic nitrogens is 2. The zero-order valence-corrected chi connectivity index (χ0v) is 19.4. The Kier molecular flexibility index (Phi) is 6.49. The van der Waals surface area contributed by atoms with Crippen molar-refractivity contribution in [2.45, 2.75) is 38.6 Å². The summed E-state index contributed by atoms with van der Waals surface area (Å²) in [6.45, 7) is 6.64. The van der Waals surface area contributed by atoms with Gasteiger partial charge in [-0.1, -0.05) is 38.1 Å². The van der Waals surface area contributed by atoms with E-state index < -0.39 is 6.09 Å². The average molecular weight is 462 g/mol. The number of carbonyl (C=O) groups excluding carboxylic acids is 1. The molecule has 2 heterocycles. The van der Waals surface area contributed by atoms with Crippen molar-refractivity contribution in [3.05, 3.63) is 77.9 Å². The highest BCUT2D eigenvalue weighted by molar-refractivity contribution is 5.90. The average Bonchev–Trinajstić information content (AvgIpc) is 2.79. The molecule has 176 valence electrons. The zero-order chi connectivity index (χ0) is 24.3. The van der Waals surface area contributed by atoms with E-state index in [1.165, 1.54) is 24.2 Å². The minimum Gasteiger partial charge on any atom is -0.491 e. The van der Waals surface area contributed by atoms with Crippen molar-refractivity contribution < 1.29 is 24.2 Å². The third kappa shape index (κ3) is 5.01. The van der Waals surface area contributed by atoms with Crippen molar-refractivity contribution in [1.29, 1.82) is 0 Å². The quantitative estimate of drug-likeness (QED) is 0.475. The van der Waals surface area contributed by atoms with E-state index in [1.54, 1.807) is 0 Å². The van der Waals surface area contributed by atoms with Crippen LogP contribution in [0.1, 0.15) is 48.9 Å². The van der Waals surface area contributed by atoms with E-state index in [9.17, 15) is 9.59 Å². The first-order valence-electron chi connectivity index (χ1n) is 11.1. The van der Waals surface area contributed by atoms with Gasteiger partial charge in [-0.15, -0.1) is 0 Å². The third-order valence-corrected chi connectivity index (χ3v) is 6.16. The molecule has 0 saturated carbocycles. The number of amides is 1. The zero-order valence-electron chi connectivity index (χ0n) is 19.4. The van der Waals surface area contributed by atoms with Crippen molar-refractivity contribution in [3.8, 4) is 17.2 Å². The summed E-state index contributed by atoms with van der Waals surface area (Å²) in [6, 6.07) is 15.6. The van der Waals surface area contributed by atoms with Crippen LogP contribution in [0, 0.1) is 0 Å². The Morgan fingerprint density at radius 2 is 1.53 bits per heavy atom. The van der Waals surface area contributed by atoms with Gasteiger partial charge in [0.25, 0.3) is 0 Å². The summed E-state index contributed by atoms with van der Waals surface area (Å²) in [4.78, 5) is 31.8. The third-order valence-electron chi connectivity index (χ3n) is 6.16. The highest BCUT2D eigenvalue weighted by atomic mass is 16.5. The monoisotopic (exact) mass is 461 g/mol. The van der Waals surface area contributed by atoms with Crippen molar-refractivity contribution in [3.63, 3.8) is 0 Å². The fraction of sp³-hybridized carbons (Fsp3) is 0.308. The van der Waals surface area contributed by atoms with Crippen LogP contribution in [-0.4, -0.2) is 51.0 Å². The highest BCUT2D eigenvalue weighted by Crippen LogP contribution is 2.34. The normalized spacial score (nSPS) is 15.4. The summed E-state index contributed by atoms with van der Waals surface area (Å²) in [5.74, 6) is 1.79. The second-order valence-electron chi connectivity index (χ2n) is 8.80. The molecule has 8 heteroatoms. The Hall–Kier alpha value is -3.94. The van der Waals surface area contributed by atoms with Gasteiger partial charge in [0.15, 0.2) is 17.4 Å². The van der Waals surface area contributed by atoms with Crippen molar-refractivity contribution in [2.75, 3.05) is 13.2 Å². The van der Waals surface area contributed by atoms with Crippen LogP contribution in [0.2, 0.25) is 0 Å². The lowest BCUT2D eigenvalue weighted by atomic mass is 9.78. The van der Waals surface area contributed by atoms with Crippen LogP contribution < -0.4 is 9.47 Å². The highest BCUT2D eigenvalue weighted by Gasteiger charge is 2.32. The standard InChI is InChI=1S/C26H27N3O5/c1-17(30)24-27-14-23(15-28-24)34-22-10-6-19(7-11-22)26(2,3)18-4-8-21(9-5-18)33-16-20-12-13-29(20)25(31)32/h4-11,14-15,20H,12-13,16H2,1-3H3,(H,31,32). The molecule has 34 heavy (non-hydrogen) atoms. The van der Waals surface area contributed by atoms with Crippen molar-refractivity contribution >= 4 is 11.9 Å². The van der Waals surface area contributed by atoms with Crippen molar-refractivity contribution in [1.82, 2.24) is 14.9 Å². The number of ether oxygens (including phenoxy) is 2. The molecule has 1 unspecified atom stereocenters. The second kappa shape index (κ2) is 9.51. The maximum absolute atomic E-state index is 11.3. The maximum Gasteiger partial charge on any atom is 0.407 e. The van der Waals surface area contributed by atoms with Crippen LogP contribution in [0.5, 0.6) is 17.2 Å². The number of rotatable bonds is 8. The molecule has 0 spiro atoms. The number of carbonyl (C=O) groups is 2. The number of nitrogens with zero attached hydrogens (tertiary/aromatic N) is 3. The summed E-state index contributed by atoms with van der Waals surface area (Å²) < 4.78 is 11.6. The molecule has 1 saturated heterocycles. The van der Waals surface area contributed by atoms with Crippen LogP contribution in [0.15, 0.2) is 60.9 Å². The molecule has 1 fully saturated rings. The smallest absolute Gasteiger partial charge is 0.407 e. The fourth-order valence-corrected chi connectivity index (χ4v) is 3.82. The number of likely N-dealkylation sites (tertiary alicyclic amines) is 1. The molecule has 1 amide bonds. The molecule has 3 aromatic rings. The van der Waals surface area contributed by atoms with Gasteiger partial charge in [-0.2, -0.15) is 0 Å². The number of benzene rings is 2. The maximum atomic E-state index is 11.3. The lowest BCUT2D eigenvalue weighted by molar-refractivity contribution is 0.0499. The molecule has 0 aliphatic carbocycles. The van der Waals surface area contributed by atoms with Crippen molar-refractivity contribution in [2.24, 2.45) is 0 Å². The van der Waals surface area contributed by atoms with Crippen LogP contribution in [0.4, 0.5) is 4.79 Å². The van der Waals surface area contributed by atoms with Gasteiger partial charge in [0, 0.05) is 18.9 Å². The SMILES string of the molecule is CC(=O)c1ncc(Oc2ccc(C(C)(C)c3ccc(OCC4CCN4C(=O)O)cc3)cc2)cn1. The summed E-state index contributed by atoms with van der Waals surface area (Å²) in [5.41, 5.74) is 1.98. The number of Topliss-reactive ketones (excluding diaryl/α,β-unsaturated/α-hetero) is 1. The van der Waals surface area contributed by atoms with Gasteiger partial charge in [-0.05, 0) is 41.8 Å².